The molecule has 1 fully saturated rings. The molecular formula is C26H30N2O5S. The smallest absolute Gasteiger partial charge is 0.310 e. The quantitative estimate of drug-likeness (QED) is 0.457. The molecule has 8 heteroatoms. The monoisotopic (exact) mass is 482 g/mol. The molecule has 34 heavy (non-hydrogen) atoms. The lowest BCUT2D eigenvalue weighted by Crippen LogP contribution is -2.40. The first-order chi connectivity index (χ1) is 16.3. The van der Waals surface area contributed by atoms with Gasteiger partial charge in [-0.1, -0.05) is 17.7 Å². The van der Waals surface area contributed by atoms with Crippen LogP contribution in [-0.2, 0) is 19.4 Å². The summed E-state index contributed by atoms with van der Waals surface area (Å²) in [5.41, 5.74) is 2.20. The van der Waals surface area contributed by atoms with Crippen LogP contribution in [-0.4, -0.2) is 45.7 Å². The van der Waals surface area contributed by atoms with E-state index < -0.39 is 9.84 Å². The van der Waals surface area contributed by atoms with E-state index in [-0.39, 0.29) is 21.7 Å². The van der Waals surface area contributed by atoms with E-state index in [0.29, 0.717) is 55.1 Å². The van der Waals surface area contributed by atoms with Gasteiger partial charge in [0.05, 0.1) is 35.2 Å². The molecule has 0 N–H and O–H groups in total. The van der Waals surface area contributed by atoms with E-state index in [0.717, 1.165) is 12.0 Å². The van der Waals surface area contributed by atoms with E-state index >= 15 is 0 Å². The second-order valence-corrected chi connectivity index (χ2v) is 10.4. The van der Waals surface area contributed by atoms with Crippen LogP contribution in [0, 0.1) is 12.8 Å². The van der Waals surface area contributed by atoms with Crippen molar-refractivity contribution in [2.75, 3.05) is 31.2 Å². The van der Waals surface area contributed by atoms with Gasteiger partial charge in [-0.25, -0.2) is 8.42 Å². The van der Waals surface area contributed by atoms with Crippen molar-refractivity contribution >= 4 is 32.4 Å². The summed E-state index contributed by atoms with van der Waals surface area (Å²) in [6.45, 7) is 7.42. The molecule has 0 saturated carbocycles. The molecule has 4 rings (SSSR count). The maximum absolute atomic E-state index is 13.8. The zero-order valence-electron chi connectivity index (χ0n) is 19.8. The number of rotatable bonds is 7. The normalized spacial score (nSPS) is 16.4. The molecule has 1 atom stereocenters. The number of esters is 1. The van der Waals surface area contributed by atoms with E-state index in [1.165, 1.54) is 6.20 Å². The van der Waals surface area contributed by atoms with Gasteiger partial charge in [0.25, 0.3) is 0 Å². The fourth-order valence-corrected chi connectivity index (χ4v) is 5.83. The molecule has 3 aromatic rings. The summed E-state index contributed by atoms with van der Waals surface area (Å²) >= 11 is 0. The number of anilines is 1. The lowest BCUT2D eigenvalue weighted by molar-refractivity contribution is -0.148. The van der Waals surface area contributed by atoms with Crippen molar-refractivity contribution in [3.8, 4) is 5.75 Å². The number of piperidine rings is 1. The maximum atomic E-state index is 13.8. The standard InChI is InChI=1S/C26H30N2O5S/c1-4-32-20-10-13-23-22(15-20)25(28-14-6-7-19(17-28)26(29)33-5-2)24(16-27-23)34(30,31)21-11-8-18(3)9-12-21/h8-13,15-16,19H,4-7,14,17H2,1-3H3/t19-/m0/s1. The number of sulfone groups is 1. The van der Waals surface area contributed by atoms with Crippen LogP contribution in [0.2, 0.25) is 0 Å². The number of hydrogen-bond donors (Lipinski definition) is 0. The minimum Gasteiger partial charge on any atom is -0.494 e. The van der Waals surface area contributed by atoms with E-state index in [9.17, 15) is 13.2 Å². The van der Waals surface area contributed by atoms with Crippen LogP contribution < -0.4 is 9.64 Å². The fourth-order valence-electron chi connectivity index (χ4n) is 4.40. The molecule has 0 radical (unpaired) electrons. The van der Waals surface area contributed by atoms with Gasteiger partial charge in [0.1, 0.15) is 10.6 Å². The highest BCUT2D eigenvalue weighted by atomic mass is 32.2. The van der Waals surface area contributed by atoms with Gasteiger partial charge in [-0.2, -0.15) is 0 Å². The lowest BCUT2D eigenvalue weighted by atomic mass is 9.97. The molecular weight excluding hydrogens is 452 g/mol. The van der Waals surface area contributed by atoms with Gasteiger partial charge in [0.2, 0.25) is 9.84 Å². The van der Waals surface area contributed by atoms with Crippen LogP contribution in [0.4, 0.5) is 5.69 Å². The average Bonchev–Trinajstić information content (AvgIpc) is 2.84. The second-order valence-electron chi connectivity index (χ2n) is 8.44. The minimum atomic E-state index is -3.86. The summed E-state index contributed by atoms with van der Waals surface area (Å²) in [7, 11) is -3.86. The summed E-state index contributed by atoms with van der Waals surface area (Å²) in [5.74, 6) is 0.0762. The highest BCUT2D eigenvalue weighted by Crippen LogP contribution is 2.39. The van der Waals surface area contributed by atoms with Gasteiger partial charge >= 0.3 is 5.97 Å². The number of nitrogens with zero attached hydrogens (tertiary/aromatic N) is 2. The molecule has 2 heterocycles. The molecule has 7 nitrogen and oxygen atoms in total. The van der Waals surface area contributed by atoms with Gasteiger partial charge in [0, 0.05) is 24.7 Å². The van der Waals surface area contributed by atoms with Crippen LogP contribution in [0.25, 0.3) is 10.9 Å². The predicted octanol–water partition coefficient (Wildman–Crippen LogP) is 4.55. The maximum Gasteiger partial charge on any atom is 0.310 e. The number of ether oxygens (including phenoxy) is 2. The Hall–Kier alpha value is -3.13. The number of aromatic nitrogens is 1. The van der Waals surface area contributed by atoms with E-state index in [2.05, 4.69) is 4.98 Å². The zero-order valence-corrected chi connectivity index (χ0v) is 20.6. The molecule has 0 amide bonds. The Labute approximate surface area is 200 Å². The van der Waals surface area contributed by atoms with Crippen LogP contribution in [0.1, 0.15) is 32.3 Å². The van der Waals surface area contributed by atoms with Crippen molar-refractivity contribution in [1.82, 2.24) is 4.98 Å². The minimum absolute atomic E-state index is 0.127. The number of fused-ring (bicyclic) bond motifs is 1. The first-order valence-corrected chi connectivity index (χ1v) is 13.1. The van der Waals surface area contributed by atoms with Gasteiger partial charge in [-0.05, 0) is 63.9 Å². The van der Waals surface area contributed by atoms with Gasteiger partial charge < -0.3 is 14.4 Å². The summed E-state index contributed by atoms with van der Waals surface area (Å²) in [5, 5.41) is 0.684. The Morgan fingerprint density at radius 2 is 1.88 bits per heavy atom. The topological polar surface area (TPSA) is 85.8 Å². The molecule has 180 valence electrons. The molecule has 0 aliphatic carbocycles. The molecule has 1 saturated heterocycles. The Morgan fingerprint density at radius 3 is 2.59 bits per heavy atom. The molecule has 0 bridgehead atoms. The third kappa shape index (κ3) is 4.73. The highest BCUT2D eigenvalue weighted by molar-refractivity contribution is 7.91. The number of pyridine rings is 1. The number of aryl methyl sites for hydroxylation is 1. The van der Waals surface area contributed by atoms with E-state index in [4.69, 9.17) is 9.47 Å². The molecule has 2 aromatic carbocycles. The van der Waals surface area contributed by atoms with Crippen molar-refractivity contribution in [2.45, 2.75) is 43.4 Å². The van der Waals surface area contributed by atoms with E-state index in [1.807, 2.05) is 36.9 Å². The molecule has 1 aromatic heterocycles. The summed E-state index contributed by atoms with van der Waals surface area (Å²) in [6.07, 6.45) is 2.90. The SMILES string of the molecule is CCOC(=O)[C@H]1CCCN(c2c(S(=O)(=O)c3ccc(C)cc3)cnc3ccc(OCC)cc23)C1. The van der Waals surface area contributed by atoms with Crippen molar-refractivity contribution in [3.63, 3.8) is 0 Å². The zero-order chi connectivity index (χ0) is 24.3. The first-order valence-electron chi connectivity index (χ1n) is 11.6. The summed E-state index contributed by atoms with van der Waals surface area (Å²) in [4.78, 5) is 19.3. The van der Waals surface area contributed by atoms with Crippen molar-refractivity contribution in [3.05, 3.63) is 54.2 Å². The van der Waals surface area contributed by atoms with Gasteiger partial charge in [-0.3, -0.25) is 9.78 Å². The largest absolute Gasteiger partial charge is 0.494 e. The third-order valence-corrected chi connectivity index (χ3v) is 7.84. The third-order valence-electron chi connectivity index (χ3n) is 6.07. The summed E-state index contributed by atoms with van der Waals surface area (Å²) in [6, 6.07) is 12.3. The number of carbonyl (C=O) groups excluding carboxylic acids is 1. The molecule has 1 aliphatic rings. The Bertz CT molecular complexity index is 1290. The number of benzene rings is 2. The second kappa shape index (κ2) is 10.0. The lowest BCUT2D eigenvalue weighted by Gasteiger charge is -2.35. The number of hydrogen-bond acceptors (Lipinski definition) is 7. The van der Waals surface area contributed by atoms with Crippen LogP contribution in [0.15, 0.2) is 58.5 Å². The van der Waals surface area contributed by atoms with Crippen molar-refractivity contribution in [2.24, 2.45) is 5.92 Å². The van der Waals surface area contributed by atoms with Gasteiger partial charge in [0.15, 0.2) is 0 Å². The molecule has 0 spiro atoms. The van der Waals surface area contributed by atoms with Gasteiger partial charge in [-0.15, -0.1) is 0 Å². The van der Waals surface area contributed by atoms with E-state index in [1.54, 1.807) is 31.2 Å². The van der Waals surface area contributed by atoms with Crippen LogP contribution in [0.3, 0.4) is 0 Å². The predicted molar refractivity (Wildman–Crippen MR) is 131 cm³/mol. The van der Waals surface area contributed by atoms with Crippen LogP contribution >= 0.6 is 0 Å². The van der Waals surface area contributed by atoms with Crippen LogP contribution in [0.5, 0.6) is 5.75 Å². The molecule has 0 unspecified atom stereocenters. The highest BCUT2D eigenvalue weighted by Gasteiger charge is 2.32. The van der Waals surface area contributed by atoms with Crippen molar-refractivity contribution < 1.29 is 22.7 Å². The summed E-state index contributed by atoms with van der Waals surface area (Å²) < 4.78 is 38.5. The Balaban J connectivity index is 1.90. The fraction of sp³-hybridized carbons (Fsp3) is 0.385. The van der Waals surface area contributed by atoms with Crippen molar-refractivity contribution in [1.29, 1.82) is 0 Å². The number of carbonyl (C=O) groups is 1. The molecule has 1 aliphatic heterocycles. The first kappa shape index (κ1) is 24.0. The average molecular weight is 483 g/mol. The Morgan fingerprint density at radius 1 is 1.12 bits per heavy atom. The Kier molecular flexibility index (Phi) is 7.07.